The van der Waals surface area contributed by atoms with Crippen molar-refractivity contribution >= 4 is 11.9 Å². The minimum absolute atomic E-state index is 0.256. The fraction of sp³-hybridized carbons (Fsp3) is 0.909. The van der Waals surface area contributed by atoms with Gasteiger partial charge in [-0.3, -0.25) is 9.59 Å². The maximum Gasteiger partial charge on any atom is 0.307 e. The maximum absolute atomic E-state index is 11.0. The highest BCUT2D eigenvalue weighted by Gasteiger charge is 2.20. The number of carbonyl (C=O) groups is 2. The SMILES string of the molecule is CCCCCCCCCCCCCCCCCCC(CC(=O)O)C(=O)O. The maximum atomic E-state index is 11.0. The number of unbranched alkanes of at least 4 members (excludes halogenated alkanes) is 15. The molecule has 0 aliphatic carbocycles. The molecule has 154 valence electrons. The lowest BCUT2D eigenvalue weighted by Gasteiger charge is -2.09. The van der Waals surface area contributed by atoms with Crippen LogP contribution in [0.25, 0.3) is 0 Å². The van der Waals surface area contributed by atoms with Crippen molar-refractivity contribution in [3.8, 4) is 0 Å². The Morgan fingerprint density at radius 2 is 0.962 bits per heavy atom. The van der Waals surface area contributed by atoms with Crippen LogP contribution in [0, 0.1) is 5.92 Å². The van der Waals surface area contributed by atoms with Gasteiger partial charge in [-0.2, -0.15) is 0 Å². The zero-order valence-electron chi connectivity index (χ0n) is 17.0. The van der Waals surface area contributed by atoms with Crippen molar-refractivity contribution in [3.05, 3.63) is 0 Å². The first kappa shape index (κ1) is 24.9. The van der Waals surface area contributed by atoms with Crippen molar-refractivity contribution in [2.45, 2.75) is 122 Å². The van der Waals surface area contributed by atoms with Crippen LogP contribution in [0.1, 0.15) is 122 Å². The van der Waals surface area contributed by atoms with Gasteiger partial charge in [-0.1, -0.05) is 110 Å². The monoisotopic (exact) mass is 370 g/mol. The van der Waals surface area contributed by atoms with E-state index >= 15 is 0 Å². The first-order valence-corrected chi connectivity index (χ1v) is 11.0. The van der Waals surface area contributed by atoms with Gasteiger partial charge in [-0.25, -0.2) is 0 Å². The Labute approximate surface area is 160 Å². The molecule has 26 heavy (non-hydrogen) atoms. The average molecular weight is 371 g/mol. The summed E-state index contributed by atoms with van der Waals surface area (Å²) in [6.45, 7) is 2.26. The number of carboxylic acids is 2. The minimum Gasteiger partial charge on any atom is -0.481 e. The topological polar surface area (TPSA) is 74.6 Å². The predicted molar refractivity (Wildman–Crippen MR) is 108 cm³/mol. The molecule has 0 saturated heterocycles. The second kappa shape index (κ2) is 18.7. The molecular weight excluding hydrogens is 328 g/mol. The van der Waals surface area contributed by atoms with E-state index in [0.717, 1.165) is 19.3 Å². The molecule has 1 unspecified atom stereocenters. The predicted octanol–water partition coefficient (Wildman–Crippen LogP) is 6.81. The lowest BCUT2D eigenvalue weighted by Crippen LogP contribution is -2.17. The molecule has 4 heteroatoms. The number of hydrogen-bond acceptors (Lipinski definition) is 2. The Morgan fingerprint density at radius 1 is 0.615 bits per heavy atom. The van der Waals surface area contributed by atoms with E-state index in [0.29, 0.717) is 6.42 Å². The van der Waals surface area contributed by atoms with Gasteiger partial charge >= 0.3 is 11.9 Å². The van der Waals surface area contributed by atoms with Gasteiger partial charge in [-0.15, -0.1) is 0 Å². The summed E-state index contributed by atoms with van der Waals surface area (Å²) in [4.78, 5) is 21.6. The minimum atomic E-state index is -1.02. The Hall–Kier alpha value is -1.06. The summed E-state index contributed by atoms with van der Waals surface area (Å²) in [5, 5.41) is 17.7. The zero-order valence-corrected chi connectivity index (χ0v) is 17.0. The second-order valence-corrected chi connectivity index (χ2v) is 7.72. The molecular formula is C22H42O4. The van der Waals surface area contributed by atoms with Crippen LogP contribution in [0.15, 0.2) is 0 Å². The molecule has 0 spiro atoms. The number of carboxylic acid groups (broad SMARTS) is 2. The third-order valence-electron chi connectivity index (χ3n) is 5.18. The van der Waals surface area contributed by atoms with Crippen molar-refractivity contribution in [1.29, 1.82) is 0 Å². The van der Waals surface area contributed by atoms with Crippen LogP contribution >= 0.6 is 0 Å². The van der Waals surface area contributed by atoms with E-state index in [4.69, 9.17) is 10.2 Å². The van der Waals surface area contributed by atoms with E-state index in [1.165, 1.54) is 83.5 Å². The summed E-state index contributed by atoms with van der Waals surface area (Å²) in [7, 11) is 0. The molecule has 0 bridgehead atoms. The van der Waals surface area contributed by atoms with E-state index < -0.39 is 17.9 Å². The van der Waals surface area contributed by atoms with Gasteiger partial charge in [0.2, 0.25) is 0 Å². The normalized spacial score (nSPS) is 12.2. The largest absolute Gasteiger partial charge is 0.481 e. The summed E-state index contributed by atoms with van der Waals surface area (Å²) < 4.78 is 0. The Kier molecular flexibility index (Phi) is 18.0. The van der Waals surface area contributed by atoms with Crippen LogP contribution in [0.2, 0.25) is 0 Å². The number of rotatable bonds is 20. The molecule has 0 fully saturated rings. The van der Waals surface area contributed by atoms with Gasteiger partial charge in [0.1, 0.15) is 0 Å². The van der Waals surface area contributed by atoms with Gasteiger partial charge in [0.15, 0.2) is 0 Å². The molecule has 0 radical (unpaired) electrons. The molecule has 0 aliphatic rings. The van der Waals surface area contributed by atoms with Crippen LogP contribution in [0.4, 0.5) is 0 Å². The van der Waals surface area contributed by atoms with Gasteiger partial charge in [-0.05, 0) is 6.42 Å². The Bertz CT molecular complexity index is 341. The number of aliphatic carboxylic acids is 2. The summed E-state index contributed by atoms with van der Waals surface area (Å²) in [5.74, 6) is -2.72. The molecule has 0 heterocycles. The second-order valence-electron chi connectivity index (χ2n) is 7.72. The molecule has 0 aliphatic heterocycles. The summed E-state index contributed by atoms with van der Waals surface area (Å²) in [5.41, 5.74) is 0. The van der Waals surface area contributed by atoms with Crippen LogP contribution in [0.5, 0.6) is 0 Å². The van der Waals surface area contributed by atoms with Gasteiger partial charge < -0.3 is 10.2 Å². The fourth-order valence-corrected chi connectivity index (χ4v) is 3.46. The quantitative estimate of drug-likeness (QED) is 0.231. The van der Waals surface area contributed by atoms with Crippen molar-refractivity contribution in [2.24, 2.45) is 5.92 Å². The summed E-state index contributed by atoms with van der Waals surface area (Å²) in [6.07, 6.45) is 20.9. The van der Waals surface area contributed by atoms with Crippen molar-refractivity contribution in [1.82, 2.24) is 0 Å². The first-order chi connectivity index (χ1) is 12.6. The molecule has 4 nitrogen and oxygen atoms in total. The van der Waals surface area contributed by atoms with Crippen molar-refractivity contribution < 1.29 is 19.8 Å². The van der Waals surface area contributed by atoms with Crippen LogP contribution in [-0.2, 0) is 9.59 Å². The highest BCUT2D eigenvalue weighted by Crippen LogP contribution is 2.17. The molecule has 0 aromatic carbocycles. The average Bonchev–Trinajstić information content (AvgIpc) is 2.59. The van der Waals surface area contributed by atoms with Crippen LogP contribution in [0.3, 0.4) is 0 Å². The van der Waals surface area contributed by atoms with Gasteiger partial charge in [0.25, 0.3) is 0 Å². The standard InChI is InChI=1S/C22H42O4/c1-2-3-4-5-6-7-8-9-10-11-12-13-14-15-16-17-18-20(22(25)26)19-21(23)24/h20H,2-19H2,1H3,(H,23,24)(H,25,26). The smallest absolute Gasteiger partial charge is 0.307 e. The van der Waals surface area contributed by atoms with Gasteiger partial charge in [0, 0.05) is 0 Å². The van der Waals surface area contributed by atoms with E-state index in [-0.39, 0.29) is 6.42 Å². The Balaban J connectivity index is 3.26. The molecule has 0 aromatic heterocycles. The van der Waals surface area contributed by atoms with E-state index in [1.807, 2.05) is 0 Å². The van der Waals surface area contributed by atoms with E-state index in [1.54, 1.807) is 0 Å². The van der Waals surface area contributed by atoms with Crippen molar-refractivity contribution in [3.63, 3.8) is 0 Å². The van der Waals surface area contributed by atoms with Crippen LogP contribution in [-0.4, -0.2) is 22.2 Å². The van der Waals surface area contributed by atoms with Gasteiger partial charge in [0.05, 0.1) is 12.3 Å². The molecule has 0 rings (SSSR count). The number of hydrogen-bond donors (Lipinski definition) is 2. The summed E-state index contributed by atoms with van der Waals surface area (Å²) in [6, 6.07) is 0. The lowest BCUT2D eigenvalue weighted by molar-refractivity contribution is -0.148. The summed E-state index contributed by atoms with van der Waals surface area (Å²) >= 11 is 0. The van der Waals surface area contributed by atoms with Crippen LogP contribution < -0.4 is 0 Å². The zero-order chi connectivity index (χ0) is 19.5. The van der Waals surface area contributed by atoms with E-state index in [2.05, 4.69) is 6.92 Å². The Morgan fingerprint density at radius 3 is 1.27 bits per heavy atom. The van der Waals surface area contributed by atoms with E-state index in [9.17, 15) is 9.59 Å². The first-order valence-electron chi connectivity index (χ1n) is 11.0. The molecule has 0 aromatic rings. The lowest BCUT2D eigenvalue weighted by atomic mass is 9.97. The van der Waals surface area contributed by atoms with Crippen molar-refractivity contribution in [2.75, 3.05) is 0 Å². The molecule has 1 atom stereocenters. The molecule has 2 N–H and O–H groups in total. The molecule has 0 saturated carbocycles. The third-order valence-corrected chi connectivity index (χ3v) is 5.18. The fourth-order valence-electron chi connectivity index (χ4n) is 3.46. The highest BCUT2D eigenvalue weighted by atomic mass is 16.4. The molecule has 0 amide bonds. The third kappa shape index (κ3) is 17.8. The highest BCUT2D eigenvalue weighted by molar-refractivity contribution is 5.77.